The summed E-state index contributed by atoms with van der Waals surface area (Å²) < 4.78 is 16.1. The molecule has 0 fully saturated rings. The zero-order chi connectivity index (χ0) is 25.7. The van der Waals surface area contributed by atoms with Crippen molar-refractivity contribution in [3.63, 3.8) is 0 Å². The quantitative estimate of drug-likeness (QED) is 0.351. The Labute approximate surface area is 208 Å². The van der Waals surface area contributed by atoms with Gasteiger partial charge < -0.3 is 19.3 Å². The van der Waals surface area contributed by atoms with E-state index in [1.807, 2.05) is 54.6 Å². The van der Waals surface area contributed by atoms with Gasteiger partial charge in [0.25, 0.3) is 11.8 Å². The molecule has 0 bridgehead atoms. The Morgan fingerprint density at radius 1 is 0.917 bits per heavy atom. The van der Waals surface area contributed by atoms with Crippen molar-refractivity contribution >= 4 is 11.9 Å². The molecule has 0 spiro atoms. The lowest BCUT2D eigenvalue weighted by molar-refractivity contribution is -0.137. The van der Waals surface area contributed by atoms with E-state index in [1.54, 1.807) is 20.8 Å². The van der Waals surface area contributed by atoms with Gasteiger partial charge in [0.15, 0.2) is 17.3 Å². The van der Waals surface area contributed by atoms with Crippen LogP contribution in [0.5, 0.6) is 11.5 Å². The van der Waals surface area contributed by atoms with Crippen LogP contribution >= 0.6 is 0 Å². The van der Waals surface area contributed by atoms with E-state index in [-0.39, 0.29) is 23.0 Å². The second-order valence-corrected chi connectivity index (χ2v) is 8.36. The Hall–Kier alpha value is -4.53. The lowest BCUT2D eigenvalue weighted by Crippen LogP contribution is -2.29. The number of hydrogen-bond donors (Lipinski definition) is 1. The largest absolute Gasteiger partial charge is 0.493 e. The topological polar surface area (TPSA) is 116 Å². The number of amides is 1. The van der Waals surface area contributed by atoms with Crippen molar-refractivity contribution < 1.29 is 23.6 Å². The third-order valence-corrected chi connectivity index (χ3v) is 5.39. The number of carbonyl (C=O) groups is 2. The summed E-state index contributed by atoms with van der Waals surface area (Å²) in [5.41, 5.74) is 2.84. The molecule has 1 amide bonds. The number of pyridine rings is 1. The molecule has 0 saturated carbocycles. The van der Waals surface area contributed by atoms with Crippen LogP contribution in [0.1, 0.15) is 43.1 Å². The number of benzene rings is 2. The first-order valence-corrected chi connectivity index (χ1v) is 11.4. The summed E-state index contributed by atoms with van der Waals surface area (Å²) in [5.74, 6) is -0.695. The van der Waals surface area contributed by atoms with E-state index in [0.717, 1.165) is 16.7 Å². The molecule has 0 aliphatic rings. The second kappa shape index (κ2) is 10.8. The van der Waals surface area contributed by atoms with Crippen LogP contribution in [0.15, 0.2) is 71.4 Å². The summed E-state index contributed by atoms with van der Waals surface area (Å²) >= 11 is 0. The maximum atomic E-state index is 13.0. The predicted octanol–water partition coefficient (Wildman–Crippen LogP) is 4.86. The van der Waals surface area contributed by atoms with Crippen LogP contribution in [0, 0.1) is 5.92 Å². The van der Waals surface area contributed by atoms with Crippen LogP contribution in [-0.4, -0.2) is 34.1 Å². The predicted molar refractivity (Wildman–Crippen MR) is 132 cm³/mol. The molecule has 9 nitrogen and oxygen atoms in total. The number of ether oxygens (including phenoxy) is 2. The molecule has 2 aromatic heterocycles. The van der Waals surface area contributed by atoms with Gasteiger partial charge in [0, 0.05) is 17.8 Å². The van der Waals surface area contributed by atoms with Crippen molar-refractivity contribution in [2.24, 2.45) is 5.92 Å². The van der Waals surface area contributed by atoms with E-state index in [9.17, 15) is 9.59 Å². The number of hydrogen-bond acceptors (Lipinski definition) is 8. The summed E-state index contributed by atoms with van der Waals surface area (Å²) in [4.78, 5) is 33.7. The third-order valence-electron chi connectivity index (χ3n) is 5.39. The number of esters is 1. The molecule has 0 radical (unpaired) electrons. The Morgan fingerprint density at radius 2 is 1.58 bits per heavy atom. The fraction of sp³-hybridized carbons (Fsp3) is 0.222. The van der Waals surface area contributed by atoms with Gasteiger partial charge in [-0.05, 0) is 30.2 Å². The molecule has 2 aromatic carbocycles. The molecule has 1 N–H and O–H groups in total. The van der Waals surface area contributed by atoms with Crippen LogP contribution in [0.25, 0.3) is 22.6 Å². The van der Waals surface area contributed by atoms with Crippen molar-refractivity contribution in [3.05, 3.63) is 78.4 Å². The standard InChI is InChI=1S/C27H26N4O5/c1-16(2)27(33)35-23-21(34-4)14-15-28-22(23)25(32)29-17(3)24-30-26(36-31-24)20-12-10-19(11-13-20)18-8-6-5-7-9-18/h5-17H,1-4H3,(H,29,32)/t17-/m0/s1. The first-order chi connectivity index (χ1) is 17.4. The number of nitrogens with zero attached hydrogens (tertiary/aromatic N) is 3. The van der Waals surface area contributed by atoms with Gasteiger partial charge in [-0.2, -0.15) is 4.98 Å². The van der Waals surface area contributed by atoms with E-state index in [4.69, 9.17) is 14.0 Å². The van der Waals surface area contributed by atoms with Crippen LogP contribution < -0.4 is 14.8 Å². The molecule has 0 unspecified atom stereocenters. The van der Waals surface area contributed by atoms with Crippen molar-refractivity contribution in [3.8, 4) is 34.1 Å². The molecule has 0 aliphatic heterocycles. The SMILES string of the molecule is COc1ccnc(C(=O)N[C@@H](C)c2noc(-c3ccc(-c4ccccc4)cc3)n2)c1OC(=O)C(C)C. The van der Waals surface area contributed by atoms with Crippen LogP contribution in [-0.2, 0) is 4.79 Å². The van der Waals surface area contributed by atoms with E-state index in [1.165, 1.54) is 19.4 Å². The molecule has 1 atom stereocenters. The number of rotatable bonds is 8. The second-order valence-electron chi connectivity index (χ2n) is 8.36. The summed E-state index contributed by atoms with van der Waals surface area (Å²) in [6.45, 7) is 5.09. The number of aromatic nitrogens is 3. The normalized spacial score (nSPS) is 11.7. The maximum absolute atomic E-state index is 13.0. The zero-order valence-electron chi connectivity index (χ0n) is 20.4. The summed E-state index contributed by atoms with van der Waals surface area (Å²) in [6, 6.07) is 18.7. The molecule has 9 heteroatoms. The highest BCUT2D eigenvalue weighted by molar-refractivity contribution is 5.97. The monoisotopic (exact) mass is 486 g/mol. The van der Waals surface area contributed by atoms with Crippen LogP contribution in [0.4, 0.5) is 0 Å². The molecule has 4 aromatic rings. The molecular weight excluding hydrogens is 460 g/mol. The number of nitrogens with one attached hydrogen (secondary N) is 1. The molecule has 0 aliphatic carbocycles. The highest BCUT2D eigenvalue weighted by Gasteiger charge is 2.25. The van der Waals surface area contributed by atoms with Gasteiger partial charge in [-0.1, -0.05) is 61.5 Å². The Kier molecular flexibility index (Phi) is 7.39. The minimum Gasteiger partial charge on any atom is -0.493 e. The summed E-state index contributed by atoms with van der Waals surface area (Å²) in [5, 5.41) is 6.79. The molecule has 184 valence electrons. The van der Waals surface area contributed by atoms with E-state index in [2.05, 4.69) is 20.4 Å². The zero-order valence-corrected chi connectivity index (χ0v) is 20.4. The summed E-state index contributed by atoms with van der Waals surface area (Å²) in [7, 11) is 1.42. The molecular formula is C27H26N4O5. The minimum absolute atomic E-state index is 0.0456. The molecule has 0 saturated heterocycles. The lowest BCUT2D eigenvalue weighted by atomic mass is 10.0. The smallest absolute Gasteiger partial charge is 0.313 e. The first kappa shape index (κ1) is 24.6. The van der Waals surface area contributed by atoms with Crippen LogP contribution in [0.3, 0.4) is 0 Å². The average molecular weight is 487 g/mol. The highest BCUT2D eigenvalue weighted by atomic mass is 16.6. The van der Waals surface area contributed by atoms with Gasteiger partial charge in [0.1, 0.15) is 0 Å². The minimum atomic E-state index is -0.611. The Morgan fingerprint density at radius 3 is 2.25 bits per heavy atom. The Balaban J connectivity index is 1.49. The third kappa shape index (κ3) is 5.41. The van der Waals surface area contributed by atoms with E-state index < -0.39 is 23.8 Å². The molecule has 2 heterocycles. The maximum Gasteiger partial charge on any atom is 0.313 e. The fourth-order valence-corrected chi connectivity index (χ4v) is 3.36. The van der Waals surface area contributed by atoms with Gasteiger partial charge in [-0.25, -0.2) is 4.98 Å². The van der Waals surface area contributed by atoms with E-state index in [0.29, 0.717) is 5.89 Å². The first-order valence-electron chi connectivity index (χ1n) is 11.4. The van der Waals surface area contributed by atoms with Gasteiger partial charge >= 0.3 is 5.97 Å². The number of methoxy groups -OCH3 is 1. The van der Waals surface area contributed by atoms with Gasteiger partial charge in [-0.15, -0.1) is 0 Å². The van der Waals surface area contributed by atoms with Gasteiger partial charge in [0.2, 0.25) is 5.75 Å². The van der Waals surface area contributed by atoms with Crippen molar-refractivity contribution in [1.82, 2.24) is 20.4 Å². The van der Waals surface area contributed by atoms with E-state index >= 15 is 0 Å². The highest BCUT2D eigenvalue weighted by Crippen LogP contribution is 2.31. The Bertz CT molecular complexity index is 1350. The number of carbonyl (C=O) groups excluding carboxylic acids is 2. The van der Waals surface area contributed by atoms with Gasteiger partial charge in [-0.3, -0.25) is 9.59 Å². The van der Waals surface area contributed by atoms with Crippen molar-refractivity contribution in [2.75, 3.05) is 7.11 Å². The van der Waals surface area contributed by atoms with Gasteiger partial charge in [0.05, 0.1) is 19.1 Å². The lowest BCUT2D eigenvalue weighted by Gasteiger charge is -2.15. The fourth-order valence-electron chi connectivity index (χ4n) is 3.36. The average Bonchev–Trinajstić information content (AvgIpc) is 3.40. The molecule has 4 rings (SSSR count). The van der Waals surface area contributed by atoms with Crippen molar-refractivity contribution in [2.45, 2.75) is 26.8 Å². The van der Waals surface area contributed by atoms with Crippen LogP contribution in [0.2, 0.25) is 0 Å². The summed E-state index contributed by atoms with van der Waals surface area (Å²) in [6.07, 6.45) is 1.40. The van der Waals surface area contributed by atoms with Crippen molar-refractivity contribution in [1.29, 1.82) is 0 Å². The molecule has 36 heavy (non-hydrogen) atoms.